The van der Waals surface area contributed by atoms with Gasteiger partial charge in [0.2, 0.25) is 0 Å². The van der Waals surface area contributed by atoms with E-state index in [1.54, 1.807) is 6.33 Å². The van der Waals surface area contributed by atoms with Crippen molar-refractivity contribution >= 4 is 5.97 Å². The van der Waals surface area contributed by atoms with Gasteiger partial charge in [0.1, 0.15) is 12.9 Å². The normalized spacial score (nSPS) is 40.3. The second kappa shape index (κ2) is 13.5. The molecular weight excluding hydrogens is 687 g/mol. The van der Waals surface area contributed by atoms with Gasteiger partial charge in [-0.15, -0.1) is 0 Å². The molecule has 0 amide bonds. The minimum Gasteiger partial charge on any atom is -0.481 e. The van der Waals surface area contributed by atoms with Crippen LogP contribution in [0.2, 0.25) is 0 Å². The Labute approximate surface area is 331 Å². The maximum absolute atomic E-state index is 13.6. The maximum Gasteiger partial charge on any atom is 0.307 e. The first-order valence-electron chi connectivity index (χ1n) is 21.4. The van der Waals surface area contributed by atoms with Crippen LogP contribution in [0.25, 0.3) is 11.4 Å². The topological polar surface area (TPSA) is 116 Å². The van der Waals surface area contributed by atoms with Crippen molar-refractivity contribution in [2.75, 3.05) is 19.8 Å². The van der Waals surface area contributed by atoms with Crippen LogP contribution in [0, 0.1) is 62.1 Å². The molecule has 0 unspecified atom stereocenters. The van der Waals surface area contributed by atoms with E-state index in [0.29, 0.717) is 37.6 Å². The van der Waals surface area contributed by atoms with Crippen molar-refractivity contribution in [1.82, 2.24) is 14.8 Å². The van der Waals surface area contributed by atoms with Crippen LogP contribution in [0.4, 0.5) is 0 Å². The Bertz CT molecular complexity index is 1800. The van der Waals surface area contributed by atoms with Gasteiger partial charge in [0.15, 0.2) is 18.2 Å². The third-order valence-electron chi connectivity index (χ3n) is 17.8. The standard InChI is InChI=1S/C46H71N5O4/c1-13-50-22-17-31(18-23-50)38-48-28-49-51(38)34-24-46-27-54-25-42(9,37(34)55-26-45(12,47)40(5,6)7)35(46)15-14-32-33(46)16-19-44(11)36(39(52)53)41(8,30(4)29(2)3)20-21-43(32,44)10/h16-18,22-23,28-30,32,34-37H,13-15,19-21,24-27,47H2,1-12H3/p+1/t30-,32+,34-,35+,36-,37+,41-,42+,43-,44+,45+,46+/m1/s1. The number of hydrogen-bond acceptors (Lipinski definition) is 6. The largest absolute Gasteiger partial charge is 0.481 e. The molecule has 0 radical (unpaired) electrons. The van der Waals surface area contributed by atoms with Crippen LogP contribution in [0.15, 0.2) is 42.5 Å². The number of carboxylic acids is 1. The third kappa shape index (κ3) is 5.85. The molecule has 1 aliphatic heterocycles. The van der Waals surface area contributed by atoms with Gasteiger partial charge in [0.25, 0.3) is 0 Å². The summed E-state index contributed by atoms with van der Waals surface area (Å²) in [6.07, 6.45) is 14.0. The Balaban J connectivity index is 1.35. The number of aromatic nitrogens is 4. The summed E-state index contributed by atoms with van der Waals surface area (Å²) in [6.45, 7) is 29.8. The van der Waals surface area contributed by atoms with Crippen LogP contribution in [0.3, 0.4) is 0 Å². The van der Waals surface area contributed by atoms with E-state index < -0.39 is 17.4 Å². The minimum absolute atomic E-state index is 0.106. The Morgan fingerprint density at radius 3 is 2.38 bits per heavy atom. The SMILES string of the molecule is CC[n+]1ccc(-c2ncnn2[C@@H]2C[C@@]34COC[C@@](C)([C@@H]3CC[C@H]3C4=CC[C@@]4(C)[C@H](C(=O)O)[C@@](C)([C@H](C)C(C)C)CC[C@]34C)[C@H]2OC[C@](C)(N)C(C)(C)C)cc1. The zero-order valence-electron chi connectivity index (χ0n) is 36.1. The van der Waals surface area contributed by atoms with E-state index in [0.717, 1.165) is 56.5 Å². The summed E-state index contributed by atoms with van der Waals surface area (Å²) in [6, 6.07) is 4.18. The number of nitrogens with zero attached hydrogens (tertiary/aromatic N) is 4. The van der Waals surface area contributed by atoms with Crippen LogP contribution in [-0.4, -0.2) is 57.3 Å². The Morgan fingerprint density at radius 1 is 1.07 bits per heavy atom. The molecule has 0 spiro atoms. The predicted octanol–water partition coefficient (Wildman–Crippen LogP) is 8.53. The number of aryl methyl sites for hydroxylation is 1. The van der Waals surface area contributed by atoms with Crippen LogP contribution in [0.1, 0.15) is 128 Å². The molecule has 9 nitrogen and oxygen atoms in total. The molecule has 2 aromatic heterocycles. The van der Waals surface area contributed by atoms with Gasteiger partial charge in [0.05, 0.1) is 37.9 Å². The number of nitrogens with two attached hydrogens (primary N) is 1. The van der Waals surface area contributed by atoms with Gasteiger partial charge in [0, 0.05) is 34.1 Å². The van der Waals surface area contributed by atoms with E-state index in [1.807, 2.05) is 0 Å². The predicted molar refractivity (Wildman–Crippen MR) is 216 cm³/mol. The fourth-order valence-electron chi connectivity index (χ4n) is 13.1. The Morgan fingerprint density at radius 2 is 1.76 bits per heavy atom. The number of carbonyl (C=O) groups is 1. The smallest absolute Gasteiger partial charge is 0.307 e. The molecule has 5 aliphatic rings. The summed E-state index contributed by atoms with van der Waals surface area (Å²) in [5.74, 6) is 1.17. The van der Waals surface area contributed by atoms with Gasteiger partial charge in [-0.05, 0) is 97.7 Å². The molecule has 3 heterocycles. The molecule has 2 bridgehead atoms. The number of ether oxygens (including phenoxy) is 2. The number of hydrogen-bond donors (Lipinski definition) is 2. The highest BCUT2D eigenvalue weighted by molar-refractivity contribution is 5.73. The number of fused-ring (bicyclic) bond motifs is 3. The summed E-state index contributed by atoms with van der Waals surface area (Å²) in [4.78, 5) is 18.5. The first kappa shape index (κ1) is 40.6. The van der Waals surface area contributed by atoms with Gasteiger partial charge < -0.3 is 20.3 Å². The average molecular weight is 759 g/mol. The molecule has 0 aromatic carbocycles. The highest BCUT2D eigenvalue weighted by Gasteiger charge is 2.72. The molecule has 1 saturated heterocycles. The average Bonchev–Trinajstić information content (AvgIpc) is 3.60. The van der Waals surface area contributed by atoms with Gasteiger partial charge in [-0.25, -0.2) is 14.2 Å². The number of pyridine rings is 1. The first-order valence-corrected chi connectivity index (χ1v) is 21.4. The van der Waals surface area contributed by atoms with Crippen molar-refractivity contribution in [3.63, 3.8) is 0 Å². The van der Waals surface area contributed by atoms with Crippen molar-refractivity contribution in [3.05, 3.63) is 42.5 Å². The number of rotatable bonds is 9. The van der Waals surface area contributed by atoms with Crippen molar-refractivity contribution < 1.29 is 23.9 Å². The molecule has 9 heteroatoms. The van der Waals surface area contributed by atoms with E-state index >= 15 is 0 Å². The quantitative estimate of drug-likeness (QED) is 0.195. The van der Waals surface area contributed by atoms with Gasteiger partial charge in [-0.1, -0.05) is 80.9 Å². The molecule has 7 rings (SSSR count). The zero-order chi connectivity index (χ0) is 40.1. The van der Waals surface area contributed by atoms with Crippen molar-refractivity contribution in [2.24, 2.45) is 67.8 Å². The van der Waals surface area contributed by atoms with Crippen LogP contribution < -0.4 is 10.3 Å². The molecule has 4 aliphatic carbocycles. The van der Waals surface area contributed by atoms with Gasteiger partial charge in [-0.3, -0.25) is 4.79 Å². The Kier molecular flexibility index (Phi) is 9.94. The molecule has 4 fully saturated rings. The van der Waals surface area contributed by atoms with Crippen LogP contribution in [0.5, 0.6) is 0 Å². The maximum atomic E-state index is 13.6. The van der Waals surface area contributed by atoms with E-state index in [4.69, 9.17) is 25.3 Å². The molecule has 3 N–H and O–H groups in total. The third-order valence-corrected chi connectivity index (χ3v) is 17.8. The lowest BCUT2D eigenvalue weighted by Crippen LogP contribution is -2.69. The molecule has 2 aromatic rings. The fourth-order valence-corrected chi connectivity index (χ4v) is 13.1. The first-order chi connectivity index (χ1) is 25.6. The van der Waals surface area contributed by atoms with Crippen molar-refractivity contribution in [2.45, 2.75) is 146 Å². The lowest BCUT2D eigenvalue weighted by Gasteiger charge is -2.71. The summed E-state index contributed by atoms with van der Waals surface area (Å²) >= 11 is 0. The number of aliphatic carboxylic acids is 1. The second-order valence-electron chi connectivity index (χ2n) is 21.5. The number of carboxylic acid groups (broad SMARTS) is 1. The van der Waals surface area contributed by atoms with E-state index in [1.165, 1.54) is 5.57 Å². The van der Waals surface area contributed by atoms with E-state index in [9.17, 15) is 9.90 Å². The fraction of sp³-hybridized carbons (Fsp3) is 0.783. The van der Waals surface area contributed by atoms with E-state index in [-0.39, 0.29) is 50.6 Å². The lowest BCUT2D eigenvalue weighted by molar-refractivity contribution is -0.693. The van der Waals surface area contributed by atoms with E-state index in [2.05, 4.69) is 123 Å². The summed E-state index contributed by atoms with van der Waals surface area (Å²) in [5.41, 5.74) is 7.55. The molecule has 12 atom stereocenters. The van der Waals surface area contributed by atoms with Gasteiger partial charge in [-0.2, -0.15) is 5.10 Å². The highest BCUT2D eigenvalue weighted by Crippen LogP contribution is 2.75. The summed E-state index contributed by atoms with van der Waals surface area (Å²) in [7, 11) is 0. The second-order valence-corrected chi connectivity index (χ2v) is 21.5. The van der Waals surface area contributed by atoms with Gasteiger partial charge >= 0.3 is 5.97 Å². The van der Waals surface area contributed by atoms with Crippen molar-refractivity contribution in [3.8, 4) is 11.4 Å². The van der Waals surface area contributed by atoms with Crippen molar-refractivity contribution in [1.29, 1.82) is 0 Å². The van der Waals surface area contributed by atoms with Crippen LogP contribution >= 0.6 is 0 Å². The lowest BCUT2D eigenvalue weighted by atomic mass is 9.34. The molecule has 3 saturated carbocycles. The highest BCUT2D eigenvalue weighted by atomic mass is 16.5. The van der Waals surface area contributed by atoms with Crippen LogP contribution in [-0.2, 0) is 20.8 Å². The summed E-state index contributed by atoms with van der Waals surface area (Å²) < 4.78 is 18.4. The summed E-state index contributed by atoms with van der Waals surface area (Å²) in [5, 5.41) is 16.2. The zero-order valence-corrected chi connectivity index (χ0v) is 36.1. The minimum atomic E-state index is -0.621. The monoisotopic (exact) mass is 759 g/mol. The molecule has 55 heavy (non-hydrogen) atoms. The number of allylic oxidation sites excluding steroid dienone is 1. The Hall–Kier alpha value is -2.62. The molecular formula is C46H72N5O4+. The molecule has 304 valence electrons.